The van der Waals surface area contributed by atoms with E-state index in [1.165, 1.54) is 15.3 Å². The Morgan fingerprint density at radius 3 is 2.79 bits per heavy atom. The number of ether oxygens (including phenoxy) is 1. The van der Waals surface area contributed by atoms with E-state index in [1.807, 2.05) is 18.2 Å². The Morgan fingerprint density at radius 1 is 1.26 bits per heavy atom. The number of aliphatic hydroxyl groups is 1. The maximum absolute atomic E-state index is 10.3. The van der Waals surface area contributed by atoms with E-state index in [9.17, 15) is 5.11 Å². The lowest BCUT2D eigenvalue weighted by Gasteiger charge is -2.17. The Kier molecular flexibility index (Phi) is 3.58. The van der Waals surface area contributed by atoms with Crippen molar-refractivity contribution in [3.05, 3.63) is 51.7 Å². The summed E-state index contributed by atoms with van der Waals surface area (Å²) < 4.78 is 5.83. The molecular formula is C16H18O2S. The molecule has 0 aliphatic carbocycles. The van der Waals surface area contributed by atoms with Crippen LogP contribution < -0.4 is 4.74 Å². The molecule has 0 radical (unpaired) electrons. The highest BCUT2D eigenvalue weighted by atomic mass is 32.1. The third-order valence-electron chi connectivity index (χ3n) is 3.58. The maximum atomic E-state index is 10.3. The van der Waals surface area contributed by atoms with Gasteiger partial charge in [-0.15, -0.1) is 11.3 Å². The third kappa shape index (κ3) is 2.67. The zero-order valence-corrected chi connectivity index (χ0v) is 11.8. The van der Waals surface area contributed by atoms with Gasteiger partial charge in [0.25, 0.3) is 0 Å². The Morgan fingerprint density at radius 2 is 2.05 bits per heavy atom. The summed E-state index contributed by atoms with van der Waals surface area (Å²) in [6.45, 7) is 2.16. The number of hydrogen-bond donors (Lipinski definition) is 1. The van der Waals surface area contributed by atoms with Crippen molar-refractivity contribution in [3.63, 3.8) is 0 Å². The lowest BCUT2D eigenvalue weighted by Crippen LogP contribution is -2.31. The molecule has 1 N–H and O–H groups in total. The van der Waals surface area contributed by atoms with Gasteiger partial charge in [0, 0.05) is 22.6 Å². The van der Waals surface area contributed by atoms with Gasteiger partial charge in [0.15, 0.2) is 0 Å². The van der Waals surface area contributed by atoms with E-state index in [1.54, 1.807) is 11.3 Å². The van der Waals surface area contributed by atoms with Crippen LogP contribution in [0.3, 0.4) is 0 Å². The second kappa shape index (κ2) is 5.35. The van der Waals surface area contributed by atoms with Crippen molar-refractivity contribution in [1.82, 2.24) is 0 Å². The summed E-state index contributed by atoms with van der Waals surface area (Å²) in [5.74, 6) is 0.923. The molecule has 2 heterocycles. The highest BCUT2D eigenvalue weighted by molar-refractivity contribution is 7.11. The molecule has 0 fully saturated rings. The van der Waals surface area contributed by atoms with Gasteiger partial charge in [-0.05, 0) is 30.2 Å². The number of rotatable bonds is 4. The average Bonchev–Trinajstić information content (AvgIpc) is 3.04. The number of thiophene rings is 1. The number of fused-ring (bicyclic) bond motifs is 1. The molecule has 1 aromatic carbocycles. The number of benzene rings is 1. The van der Waals surface area contributed by atoms with Crippen LogP contribution in [0, 0.1) is 0 Å². The van der Waals surface area contributed by atoms with Crippen LogP contribution in [-0.2, 0) is 19.3 Å². The van der Waals surface area contributed by atoms with Gasteiger partial charge < -0.3 is 9.84 Å². The Labute approximate surface area is 117 Å². The first-order valence-electron chi connectivity index (χ1n) is 6.76. The van der Waals surface area contributed by atoms with Gasteiger partial charge in [0.1, 0.15) is 11.9 Å². The summed E-state index contributed by atoms with van der Waals surface area (Å²) in [6.07, 6.45) is 2.01. The second-order valence-electron chi connectivity index (χ2n) is 4.96. The highest BCUT2D eigenvalue weighted by Gasteiger charge is 2.29. The Balaban J connectivity index is 1.65. The molecule has 0 bridgehead atoms. The predicted molar refractivity (Wildman–Crippen MR) is 78.0 cm³/mol. The van der Waals surface area contributed by atoms with Gasteiger partial charge in [0.05, 0.1) is 6.10 Å². The maximum Gasteiger partial charge on any atom is 0.129 e. The zero-order valence-electron chi connectivity index (χ0n) is 11.0. The number of para-hydroxylation sites is 1. The quantitative estimate of drug-likeness (QED) is 0.927. The summed E-state index contributed by atoms with van der Waals surface area (Å²) in [5.41, 5.74) is 1.20. The minimum Gasteiger partial charge on any atom is -0.487 e. The molecule has 2 aromatic rings. The van der Waals surface area contributed by atoms with E-state index < -0.39 is 6.10 Å². The van der Waals surface area contributed by atoms with Crippen LogP contribution >= 0.6 is 11.3 Å². The van der Waals surface area contributed by atoms with Crippen LogP contribution in [0.15, 0.2) is 36.4 Å². The number of hydrogen-bond acceptors (Lipinski definition) is 3. The van der Waals surface area contributed by atoms with Gasteiger partial charge in [-0.2, -0.15) is 0 Å². The molecule has 0 saturated heterocycles. The largest absolute Gasteiger partial charge is 0.487 e. The lowest BCUT2D eigenvalue weighted by molar-refractivity contribution is 0.0508. The van der Waals surface area contributed by atoms with Crippen LogP contribution in [0.5, 0.6) is 5.75 Å². The monoisotopic (exact) mass is 274 g/mol. The van der Waals surface area contributed by atoms with Crippen molar-refractivity contribution in [2.45, 2.75) is 38.4 Å². The molecule has 2 atom stereocenters. The topological polar surface area (TPSA) is 29.5 Å². The van der Waals surface area contributed by atoms with E-state index in [0.29, 0.717) is 6.42 Å². The normalized spacial score (nSPS) is 18.9. The molecule has 2 unspecified atom stereocenters. The first kappa shape index (κ1) is 12.7. The molecular weight excluding hydrogens is 256 g/mol. The predicted octanol–water partition coefficient (Wildman–Crippen LogP) is 3.22. The Hall–Kier alpha value is -1.32. The molecule has 3 rings (SSSR count). The minimum atomic E-state index is -0.434. The van der Waals surface area contributed by atoms with E-state index in [-0.39, 0.29) is 6.10 Å². The lowest BCUT2D eigenvalue weighted by atomic mass is 10.0. The number of aryl methyl sites for hydroxylation is 1. The van der Waals surface area contributed by atoms with Gasteiger partial charge in [-0.1, -0.05) is 25.1 Å². The summed E-state index contributed by atoms with van der Waals surface area (Å²) in [7, 11) is 0. The van der Waals surface area contributed by atoms with Crippen molar-refractivity contribution >= 4 is 11.3 Å². The van der Waals surface area contributed by atoms with E-state index in [4.69, 9.17) is 4.74 Å². The van der Waals surface area contributed by atoms with Crippen LogP contribution in [-0.4, -0.2) is 17.3 Å². The molecule has 0 saturated carbocycles. The average molecular weight is 274 g/mol. The van der Waals surface area contributed by atoms with Gasteiger partial charge in [-0.25, -0.2) is 0 Å². The molecule has 19 heavy (non-hydrogen) atoms. The summed E-state index contributed by atoms with van der Waals surface area (Å²) in [6, 6.07) is 12.3. The fourth-order valence-electron chi connectivity index (χ4n) is 2.48. The SMILES string of the molecule is CCc1ccc(CC(O)C2Cc3ccccc3O2)s1. The van der Waals surface area contributed by atoms with E-state index >= 15 is 0 Å². The van der Waals surface area contributed by atoms with E-state index in [2.05, 4.69) is 25.1 Å². The standard InChI is InChI=1S/C16H18O2S/c1-2-12-7-8-13(19-12)10-14(17)16-9-11-5-3-4-6-15(11)18-16/h3-8,14,16-17H,2,9-10H2,1H3. The minimum absolute atomic E-state index is 0.107. The zero-order chi connectivity index (χ0) is 13.2. The first-order chi connectivity index (χ1) is 9.26. The van der Waals surface area contributed by atoms with E-state index in [0.717, 1.165) is 18.6 Å². The molecule has 100 valence electrons. The van der Waals surface area contributed by atoms with Crippen molar-refractivity contribution < 1.29 is 9.84 Å². The van der Waals surface area contributed by atoms with Gasteiger partial charge in [0.2, 0.25) is 0 Å². The summed E-state index contributed by atoms with van der Waals surface area (Å²) in [4.78, 5) is 2.61. The summed E-state index contributed by atoms with van der Waals surface area (Å²) in [5, 5.41) is 10.3. The van der Waals surface area contributed by atoms with Crippen molar-refractivity contribution in [3.8, 4) is 5.75 Å². The Bertz CT molecular complexity index is 536. The molecule has 0 amide bonds. The van der Waals surface area contributed by atoms with Crippen LogP contribution in [0.4, 0.5) is 0 Å². The molecule has 1 aliphatic rings. The molecule has 1 aliphatic heterocycles. The van der Waals surface area contributed by atoms with Gasteiger partial charge in [-0.3, -0.25) is 0 Å². The first-order valence-corrected chi connectivity index (χ1v) is 7.58. The van der Waals surface area contributed by atoms with Crippen molar-refractivity contribution in [2.75, 3.05) is 0 Å². The fourth-order valence-corrected chi connectivity index (χ4v) is 3.49. The molecule has 1 aromatic heterocycles. The van der Waals surface area contributed by atoms with Crippen LogP contribution in [0.2, 0.25) is 0 Å². The second-order valence-corrected chi connectivity index (χ2v) is 6.21. The molecule has 2 nitrogen and oxygen atoms in total. The number of aliphatic hydroxyl groups excluding tert-OH is 1. The van der Waals surface area contributed by atoms with Gasteiger partial charge >= 0.3 is 0 Å². The fraction of sp³-hybridized carbons (Fsp3) is 0.375. The van der Waals surface area contributed by atoms with Crippen molar-refractivity contribution in [1.29, 1.82) is 0 Å². The summed E-state index contributed by atoms with van der Waals surface area (Å²) >= 11 is 1.79. The highest BCUT2D eigenvalue weighted by Crippen LogP contribution is 2.30. The van der Waals surface area contributed by atoms with Crippen molar-refractivity contribution in [2.24, 2.45) is 0 Å². The van der Waals surface area contributed by atoms with Crippen LogP contribution in [0.25, 0.3) is 0 Å². The van der Waals surface area contributed by atoms with Crippen LogP contribution in [0.1, 0.15) is 22.2 Å². The smallest absolute Gasteiger partial charge is 0.129 e. The molecule has 3 heteroatoms. The molecule has 0 spiro atoms. The third-order valence-corrected chi connectivity index (χ3v) is 4.83.